The smallest absolute Gasteiger partial charge is 0.406 e. The minimum Gasteiger partial charge on any atom is -0.406 e. The van der Waals surface area contributed by atoms with Gasteiger partial charge in [0, 0.05) is 11.8 Å². The van der Waals surface area contributed by atoms with Crippen molar-refractivity contribution in [3.05, 3.63) is 48.1 Å². The highest BCUT2D eigenvalue weighted by Gasteiger charge is 2.18. The number of ketones is 1. The lowest BCUT2D eigenvalue weighted by atomic mass is 10.2. The van der Waals surface area contributed by atoms with Gasteiger partial charge in [0.05, 0.1) is 14.1 Å². The summed E-state index contributed by atoms with van der Waals surface area (Å²) in [6.07, 6.45) is 1.55. The van der Waals surface area contributed by atoms with Crippen molar-refractivity contribution in [2.24, 2.45) is 0 Å². The summed E-state index contributed by atoms with van der Waals surface area (Å²) in [5.74, 6) is -0.772. The highest BCUT2D eigenvalue weighted by Crippen LogP contribution is 2.32. The monoisotopic (exact) mass is 416 g/mol. The van der Waals surface area contributed by atoms with Crippen LogP contribution in [-0.4, -0.2) is 15.3 Å². The predicted octanol–water partition coefficient (Wildman–Crippen LogP) is 3.46. The lowest BCUT2D eigenvalue weighted by Crippen LogP contribution is -2.20. The van der Waals surface area contributed by atoms with E-state index in [1.807, 2.05) is 0 Å². The molecule has 102 valence electrons. The lowest BCUT2D eigenvalue weighted by Gasteiger charge is -2.00. The van der Waals surface area contributed by atoms with E-state index < -0.39 is 5.76 Å². The second-order valence-corrected chi connectivity index (χ2v) is 7.69. The minimum absolute atomic E-state index is 0.107. The van der Waals surface area contributed by atoms with E-state index in [-0.39, 0.29) is 12.3 Å². The molecule has 0 bridgehead atoms. The molecule has 0 atom stereocenters. The van der Waals surface area contributed by atoms with E-state index in [2.05, 4.69) is 36.8 Å². The Labute approximate surface area is 133 Å². The first-order valence-electron chi connectivity index (χ1n) is 5.48. The maximum absolute atomic E-state index is 12.3. The second kappa shape index (κ2) is 5.27. The lowest BCUT2D eigenvalue weighted by molar-refractivity contribution is 0.0970. The van der Waals surface area contributed by atoms with Crippen LogP contribution in [0.25, 0.3) is 11.2 Å². The molecule has 0 fully saturated rings. The van der Waals surface area contributed by atoms with E-state index in [0.29, 0.717) is 16.8 Å². The maximum atomic E-state index is 12.3. The van der Waals surface area contributed by atoms with Crippen molar-refractivity contribution in [1.29, 1.82) is 0 Å². The Hall–Kier alpha value is -1.25. The zero-order chi connectivity index (χ0) is 14.3. The summed E-state index contributed by atoms with van der Waals surface area (Å²) in [5.41, 5.74) is 1.27. The van der Waals surface area contributed by atoms with Crippen LogP contribution in [0.3, 0.4) is 0 Å². The van der Waals surface area contributed by atoms with Crippen molar-refractivity contribution in [3.8, 4) is 0 Å². The first kappa shape index (κ1) is 13.7. The first-order valence-corrected chi connectivity index (χ1v) is 7.89. The van der Waals surface area contributed by atoms with Gasteiger partial charge in [0.25, 0.3) is 0 Å². The Bertz CT molecular complexity index is 865. The molecule has 0 saturated heterocycles. The molecule has 0 aliphatic heterocycles. The summed E-state index contributed by atoms with van der Waals surface area (Å²) in [6.45, 7) is -0.107. The highest BCUT2D eigenvalue weighted by atomic mass is 79.9. The number of Topliss-reactive ketones (excluding diaryl/α,β-unsaturated/α-hetero) is 1. The van der Waals surface area contributed by atoms with Gasteiger partial charge in [0.15, 0.2) is 17.0 Å². The van der Waals surface area contributed by atoms with Gasteiger partial charge < -0.3 is 4.42 Å². The summed E-state index contributed by atoms with van der Waals surface area (Å²) in [7, 11) is 0. The van der Waals surface area contributed by atoms with Crippen molar-refractivity contribution in [3.63, 3.8) is 0 Å². The zero-order valence-electron chi connectivity index (χ0n) is 9.80. The number of halogens is 2. The molecule has 0 saturated carbocycles. The number of nitrogens with zero attached hydrogens (tertiary/aromatic N) is 2. The number of hydrogen-bond donors (Lipinski definition) is 0. The van der Waals surface area contributed by atoms with Crippen LogP contribution in [0.5, 0.6) is 0 Å². The van der Waals surface area contributed by atoms with Crippen molar-refractivity contribution >= 4 is 60.2 Å². The van der Waals surface area contributed by atoms with Crippen LogP contribution in [-0.2, 0) is 6.54 Å². The average molecular weight is 418 g/mol. The summed E-state index contributed by atoms with van der Waals surface area (Å²) in [5, 5.41) is 0. The molecule has 0 spiro atoms. The SMILES string of the molecule is O=C(Cn1c(=O)oc2cccnc21)c1cc(Br)sc1Br. The standard InChI is InChI=1S/C12H6Br2N2O3S/c13-9-4-6(10(14)20-9)7(17)5-16-11-8(19-12(16)18)2-1-3-15-11/h1-4H,5H2. The van der Waals surface area contributed by atoms with Crippen molar-refractivity contribution in [2.45, 2.75) is 6.54 Å². The number of pyridine rings is 1. The number of thiophene rings is 1. The Morgan fingerprint density at radius 1 is 1.45 bits per heavy atom. The zero-order valence-corrected chi connectivity index (χ0v) is 13.8. The quantitative estimate of drug-likeness (QED) is 0.612. The molecule has 3 aromatic heterocycles. The van der Waals surface area contributed by atoms with Crippen LogP contribution in [0.1, 0.15) is 10.4 Å². The summed E-state index contributed by atoms with van der Waals surface area (Å²) in [4.78, 5) is 28.1. The maximum Gasteiger partial charge on any atom is 0.421 e. The fourth-order valence-electron chi connectivity index (χ4n) is 1.80. The number of carbonyl (C=O) groups excluding carboxylic acids is 1. The van der Waals surface area contributed by atoms with E-state index in [1.54, 1.807) is 24.4 Å². The van der Waals surface area contributed by atoms with Gasteiger partial charge >= 0.3 is 5.76 Å². The van der Waals surface area contributed by atoms with E-state index in [9.17, 15) is 9.59 Å². The van der Waals surface area contributed by atoms with Crippen LogP contribution in [0.2, 0.25) is 0 Å². The van der Waals surface area contributed by atoms with Crippen LogP contribution in [0.4, 0.5) is 0 Å². The Morgan fingerprint density at radius 3 is 2.95 bits per heavy atom. The normalized spacial score (nSPS) is 11.1. The van der Waals surface area contributed by atoms with Crippen LogP contribution in [0, 0.1) is 0 Å². The summed E-state index contributed by atoms with van der Waals surface area (Å²) >= 11 is 8.06. The van der Waals surface area contributed by atoms with Crippen LogP contribution >= 0.6 is 43.2 Å². The molecule has 5 nitrogen and oxygen atoms in total. The van der Waals surface area contributed by atoms with Crippen LogP contribution < -0.4 is 5.76 Å². The third-order valence-electron chi connectivity index (χ3n) is 2.68. The molecule has 0 aromatic carbocycles. The highest BCUT2D eigenvalue weighted by molar-refractivity contribution is 9.12. The number of rotatable bonds is 3. The first-order chi connectivity index (χ1) is 9.56. The number of aromatic nitrogens is 2. The molecule has 0 aliphatic carbocycles. The Morgan fingerprint density at radius 2 is 2.25 bits per heavy atom. The van der Waals surface area contributed by atoms with Gasteiger partial charge in [-0.15, -0.1) is 11.3 Å². The van der Waals surface area contributed by atoms with Crippen molar-refractivity contribution in [2.75, 3.05) is 0 Å². The number of fused-ring (bicyclic) bond motifs is 1. The molecule has 3 heterocycles. The van der Waals surface area contributed by atoms with Crippen LogP contribution in [0.15, 0.2) is 41.2 Å². The summed E-state index contributed by atoms with van der Waals surface area (Å²) in [6, 6.07) is 5.03. The van der Waals surface area contributed by atoms with Crippen molar-refractivity contribution in [1.82, 2.24) is 9.55 Å². The molecule has 0 N–H and O–H groups in total. The number of carbonyl (C=O) groups is 1. The van der Waals surface area contributed by atoms with E-state index in [4.69, 9.17) is 4.42 Å². The summed E-state index contributed by atoms with van der Waals surface area (Å²) < 4.78 is 7.85. The molecule has 3 aromatic rings. The van der Waals surface area contributed by atoms with Gasteiger partial charge in [-0.3, -0.25) is 9.36 Å². The fourth-order valence-corrected chi connectivity index (χ4v) is 4.65. The molecular formula is C12H6Br2N2O3S. The number of oxazole rings is 1. The molecule has 3 rings (SSSR count). The molecule has 0 unspecified atom stereocenters. The minimum atomic E-state index is -0.586. The largest absolute Gasteiger partial charge is 0.421 e. The third kappa shape index (κ3) is 2.38. The fraction of sp³-hybridized carbons (Fsp3) is 0.0833. The predicted molar refractivity (Wildman–Crippen MR) is 82.3 cm³/mol. The Kier molecular flexibility index (Phi) is 3.61. The van der Waals surface area contributed by atoms with Gasteiger partial charge in [-0.2, -0.15) is 0 Å². The van der Waals surface area contributed by atoms with E-state index in [0.717, 1.165) is 7.57 Å². The molecule has 0 radical (unpaired) electrons. The van der Waals surface area contributed by atoms with E-state index in [1.165, 1.54) is 15.9 Å². The average Bonchev–Trinajstić information content (AvgIpc) is 2.90. The van der Waals surface area contributed by atoms with Gasteiger partial charge in [-0.1, -0.05) is 0 Å². The topological polar surface area (TPSA) is 65.1 Å². The van der Waals surface area contributed by atoms with Gasteiger partial charge in [-0.25, -0.2) is 9.78 Å². The van der Waals surface area contributed by atoms with Crippen molar-refractivity contribution < 1.29 is 9.21 Å². The third-order valence-corrected chi connectivity index (χ3v) is 5.02. The number of hydrogen-bond acceptors (Lipinski definition) is 5. The molecule has 0 aliphatic rings. The second-order valence-electron chi connectivity index (χ2n) is 3.94. The van der Waals surface area contributed by atoms with Gasteiger partial charge in [0.2, 0.25) is 0 Å². The van der Waals surface area contributed by atoms with Gasteiger partial charge in [-0.05, 0) is 50.1 Å². The Balaban J connectivity index is 2.01. The molecule has 20 heavy (non-hydrogen) atoms. The molecule has 8 heteroatoms. The van der Waals surface area contributed by atoms with Gasteiger partial charge in [0.1, 0.15) is 0 Å². The molecule has 0 amide bonds. The van der Waals surface area contributed by atoms with E-state index >= 15 is 0 Å². The molecular weight excluding hydrogens is 412 g/mol.